The Kier molecular flexibility index (Phi) is 5.07. The minimum Gasteiger partial charge on any atom is -0.507 e. The maximum absolute atomic E-state index is 11.8. The lowest BCUT2D eigenvalue weighted by Crippen LogP contribution is -2.19. The van der Waals surface area contributed by atoms with Crippen molar-refractivity contribution in [2.75, 3.05) is 0 Å². The van der Waals surface area contributed by atoms with Gasteiger partial charge in [-0.05, 0) is 40.7 Å². The molecule has 2 aromatic rings. The summed E-state index contributed by atoms with van der Waals surface area (Å²) in [4.78, 5) is 11.8. The van der Waals surface area contributed by atoms with E-state index in [1.54, 1.807) is 18.3 Å². The first-order valence-corrected chi connectivity index (χ1v) is 8.25. The molecule has 0 aliphatic carbocycles. The summed E-state index contributed by atoms with van der Waals surface area (Å²) in [5.41, 5.74) is 4.51. The van der Waals surface area contributed by atoms with E-state index in [1.807, 2.05) is 53.7 Å². The van der Waals surface area contributed by atoms with E-state index in [0.717, 1.165) is 16.7 Å². The standard InChI is InChI=1S/C20H26N2O3/c1-19(2,3)14-10-13(11-15(17(14)23)20(4,5)6)12-21-22-18(24)16-8-7-9-25-16/h7-12,23H,1-6H3,(H,22,24). The number of aromatic hydroxyl groups is 1. The molecule has 0 aliphatic heterocycles. The molecule has 0 spiro atoms. The third kappa shape index (κ3) is 4.50. The lowest BCUT2D eigenvalue weighted by atomic mass is 9.78. The molecule has 0 unspecified atom stereocenters. The fourth-order valence-corrected chi connectivity index (χ4v) is 2.50. The molecule has 5 nitrogen and oxygen atoms in total. The normalized spacial score (nSPS) is 12.6. The molecule has 0 aliphatic rings. The lowest BCUT2D eigenvalue weighted by Gasteiger charge is -2.27. The van der Waals surface area contributed by atoms with Crippen LogP contribution in [0.1, 0.15) is 68.8 Å². The van der Waals surface area contributed by atoms with E-state index >= 15 is 0 Å². The van der Waals surface area contributed by atoms with Crippen LogP contribution >= 0.6 is 0 Å². The first kappa shape index (κ1) is 18.8. The smallest absolute Gasteiger partial charge is 0.307 e. The van der Waals surface area contributed by atoms with E-state index in [-0.39, 0.29) is 16.6 Å². The zero-order valence-electron chi connectivity index (χ0n) is 15.7. The van der Waals surface area contributed by atoms with E-state index in [2.05, 4.69) is 10.5 Å². The monoisotopic (exact) mass is 342 g/mol. The van der Waals surface area contributed by atoms with Crippen LogP contribution in [0.15, 0.2) is 40.0 Å². The molecule has 0 saturated heterocycles. The van der Waals surface area contributed by atoms with Gasteiger partial charge in [0.2, 0.25) is 0 Å². The Balaban J connectivity index is 2.34. The van der Waals surface area contributed by atoms with Crippen molar-refractivity contribution >= 4 is 12.1 Å². The van der Waals surface area contributed by atoms with Gasteiger partial charge in [-0.2, -0.15) is 5.10 Å². The second-order valence-corrected chi connectivity index (χ2v) is 8.14. The summed E-state index contributed by atoms with van der Waals surface area (Å²) in [6, 6.07) is 7.00. The van der Waals surface area contributed by atoms with Crippen molar-refractivity contribution in [2.45, 2.75) is 52.4 Å². The van der Waals surface area contributed by atoms with Crippen molar-refractivity contribution in [3.05, 3.63) is 53.0 Å². The Morgan fingerprint density at radius 1 is 1.12 bits per heavy atom. The number of nitrogens with zero attached hydrogens (tertiary/aromatic N) is 1. The zero-order chi connectivity index (χ0) is 18.8. The molecule has 0 saturated carbocycles. The highest BCUT2D eigenvalue weighted by molar-refractivity contribution is 5.92. The molecule has 1 amide bonds. The number of hydrogen-bond acceptors (Lipinski definition) is 4. The summed E-state index contributed by atoms with van der Waals surface area (Å²) in [5, 5.41) is 14.7. The number of rotatable bonds is 3. The number of carbonyl (C=O) groups is 1. The van der Waals surface area contributed by atoms with Crippen molar-refractivity contribution in [1.82, 2.24) is 5.43 Å². The Hall–Kier alpha value is -2.56. The number of carbonyl (C=O) groups excluding carboxylic acids is 1. The Labute approximate surface area is 148 Å². The van der Waals surface area contributed by atoms with Crippen molar-refractivity contribution in [3.8, 4) is 5.75 Å². The predicted octanol–water partition coefficient (Wildman–Crippen LogP) is 4.34. The van der Waals surface area contributed by atoms with Crippen molar-refractivity contribution in [2.24, 2.45) is 5.10 Å². The zero-order valence-corrected chi connectivity index (χ0v) is 15.7. The predicted molar refractivity (Wildman–Crippen MR) is 99.3 cm³/mol. The second-order valence-electron chi connectivity index (χ2n) is 8.14. The molecule has 2 N–H and O–H groups in total. The number of hydrazone groups is 1. The van der Waals surface area contributed by atoms with E-state index < -0.39 is 5.91 Å². The summed E-state index contributed by atoms with van der Waals surface area (Å²) in [7, 11) is 0. The SMILES string of the molecule is CC(C)(C)c1cc(C=NNC(=O)c2ccco2)cc(C(C)(C)C)c1O. The number of phenols is 1. The quantitative estimate of drug-likeness (QED) is 0.643. The van der Waals surface area contributed by atoms with E-state index in [1.165, 1.54) is 6.26 Å². The summed E-state index contributed by atoms with van der Waals surface area (Å²) in [6.07, 6.45) is 3.01. The van der Waals surface area contributed by atoms with Gasteiger partial charge in [-0.3, -0.25) is 4.79 Å². The highest BCUT2D eigenvalue weighted by Gasteiger charge is 2.26. The molecule has 1 aromatic heterocycles. The number of amides is 1. The second kappa shape index (κ2) is 6.75. The number of nitrogens with one attached hydrogen (secondary N) is 1. The maximum atomic E-state index is 11.8. The van der Waals surface area contributed by atoms with E-state index in [9.17, 15) is 9.90 Å². The minimum absolute atomic E-state index is 0.202. The van der Waals surface area contributed by atoms with Crippen LogP contribution in [0.5, 0.6) is 5.75 Å². The van der Waals surface area contributed by atoms with Crippen molar-refractivity contribution in [3.63, 3.8) is 0 Å². The third-order valence-corrected chi connectivity index (χ3v) is 3.87. The van der Waals surface area contributed by atoms with Gasteiger partial charge in [0.25, 0.3) is 0 Å². The van der Waals surface area contributed by atoms with Crippen LogP contribution in [-0.4, -0.2) is 17.2 Å². The first-order chi connectivity index (χ1) is 11.5. The van der Waals surface area contributed by atoms with Crippen LogP contribution in [0.25, 0.3) is 0 Å². The van der Waals surface area contributed by atoms with Gasteiger partial charge in [-0.1, -0.05) is 41.5 Å². The molecule has 134 valence electrons. The molecular formula is C20H26N2O3. The van der Waals surface area contributed by atoms with Gasteiger partial charge in [-0.25, -0.2) is 5.43 Å². The molecule has 0 radical (unpaired) electrons. The van der Waals surface area contributed by atoms with Crippen LogP contribution in [0.4, 0.5) is 0 Å². The third-order valence-electron chi connectivity index (χ3n) is 3.87. The maximum Gasteiger partial charge on any atom is 0.307 e. The summed E-state index contributed by atoms with van der Waals surface area (Å²) in [5.74, 6) is 0.109. The van der Waals surface area contributed by atoms with Gasteiger partial charge in [0.1, 0.15) is 5.75 Å². The van der Waals surface area contributed by atoms with Gasteiger partial charge in [0, 0.05) is 11.1 Å². The van der Waals surface area contributed by atoms with Gasteiger partial charge >= 0.3 is 5.91 Å². The van der Waals surface area contributed by atoms with Crippen LogP contribution in [-0.2, 0) is 10.8 Å². The highest BCUT2D eigenvalue weighted by atomic mass is 16.3. The highest BCUT2D eigenvalue weighted by Crippen LogP contribution is 2.39. The van der Waals surface area contributed by atoms with Crippen LogP contribution in [0.3, 0.4) is 0 Å². The molecular weight excluding hydrogens is 316 g/mol. The van der Waals surface area contributed by atoms with Crippen molar-refractivity contribution < 1.29 is 14.3 Å². The Morgan fingerprint density at radius 3 is 2.12 bits per heavy atom. The summed E-state index contributed by atoms with van der Waals surface area (Å²) in [6.45, 7) is 12.3. The van der Waals surface area contributed by atoms with Gasteiger partial charge in [-0.15, -0.1) is 0 Å². The molecule has 1 heterocycles. The fraction of sp³-hybridized carbons (Fsp3) is 0.400. The van der Waals surface area contributed by atoms with Crippen LogP contribution in [0.2, 0.25) is 0 Å². The number of benzene rings is 1. The molecule has 0 atom stereocenters. The molecule has 0 bridgehead atoms. The number of phenolic OH excluding ortho intramolecular Hbond substituents is 1. The van der Waals surface area contributed by atoms with Gasteiger partial charge in [0.15, 0.2) is 5.76 Å². The molecule has 2 rings (SSSR count). The molecule has 0 fully saturated rings. The van der Waals surface area contributed by atoms with Gasteiger partial charge in [0.05, 0.1) is 12.5 Å². The lowest BCUT2D eigenvalue weighted by molar-refractivity contribution is 0.0927. The summed E-state index contributed by atoms with van der Waals surface area (Å²) >= 11 is 0. The van der Waals surface area contributed by atoms with Crippen molar-refractivity contribution in [1.29, 1.82) is 0 Å². The largest absolute Gasteiger partial charge is 0.507 e. The number of hydrogen-bond donors (Lipinski definition) is 2. The Morgan fingerprint density at radius 2 is 1.68 bits per heavy atom. The average Bonchev–Trinajstić information content (AvgIpc) is 3.00. The minimum atomic E-state index is -0.410. The summed E-state index contributed by atoms with van der Waals surface area (Å²) < 4.78 is 5.02. The van der Waals surface area contributed by atoms with Crippen LogP contribution in [0, 0.1) is 0 Å². The average molecular weight is 342 g/mol. The molecule has 5 heteroatoms. The number of furan rings is 1. The Bertz CT molecular complexity index is 741. The molecule has 1 aromatic carbocycles. The van der Waals surface area contributed by atoms with Crippen LogP contribution < -0.4 is 5.43 Å². The first-order valence-electron chi connectivity index (χ1n) is 8.25. The van der Waals surface area contributed by atoms with E-state index in [4.69, 9.17) is 4.42 Å². The molecule has 25 heavy (non-hydrogen) atoms. The van der Waals surface area contributed by atoms with Gasteiger partial charge < -0.3 is 9.52 Å². The topological polar surface area (TPSA) is 74.8 Å². The fourth-order valence-electron chi connectivity index (χ4n) is 2.50. The van der Waals surface area contributed by atoms with E-state index in [0.29, 0.717) is 5.75 Å².